The third-order valence-corrected chi connectivity index (χ3v) is 5.18. The molecule has 0 aromatic heterocycles. The van der Waals surface area contributed by atoms with Gasteiger partial charge in [0.15, 0.2) is 0 Å². The highest BCUT2D eigenvalue weighted by molar-refractivity contribution is 5.84. The van der Waals surface area contributed by atoms with Gasteiger partial charge in [0.1, 0.15) is 0 Å². The number of primary amides is 1. The first-order chi connectivity index (χ1) is 10.1. The van der Waals surface area contributed by atoms with Gasteiger partial charge in [-0.1, -0.05) is 6.92 Å². The summed E-state index contributed by atoms with van der Waals surface area (Å²) in [6.45, 7) is 5.93. The summed E-state index contributed by atoms with van der Waals surface area (Å²) >= 11 is 0. The molecule has 0 radical (unpaired) electrons. The molecule has 2 rings (SSSR count). The maximum atomic E-state index is 12.0. The minimum Gasteiger partial charge on any atom is -0.384 e. The second-order valence-electron chi connectivity index (χ2n) is 6.69. The van der Waals surface area contributed by atoms with Gasteiger partial charge in [-0.2, -0.15) is 0 Å². The minimum absolute atomic E-state index is 0.181. The highest BCUT2D eigenvalue weighted by Gasteiger charge is 2.42. The van der Waals surface area contributed by atoms with Gasteiger partial charge in [-0.3, -0.25) is 9.69 Å². The Labute approximate surface area is 128 Å². The molecule has 1 amide bonds. The smallest absolute Gasteiger partial charge is 0.237 e. The van der Waals surface area contributed by atoms with E-state index in [1.165, 1.54) is 19.3 Å². The van der Waals surface area contributed by atoms with Crippen molar-refractivity contribution in [3.05, 3.63) is 0 Å². The summed E-state index contributed by atoms with van der Waals surface area (Å²) in [6, 6.07) is 0.477. The van der Waals surface area contributed by atoms with Gasteiger partial charge in [0.2, 0.25) is 5.91 Å². The number of nitrogens with two attached hydrogens (primary N) is 1. The molecule has 5 heteroatoms. The molecule has 3 N–H and O–H groups in total. The van der Waals surface area contributed by atoms with Gasteiger partial charge < -0.3 is 15.8 Å². The summed E-state index contributed by atoms with van der Waals surface area (Å²) in [5, 5.41) is 3.38. The highest BCUT2D eigenvalue weighted by atomic mass is 16.5. The number of carbonyl (C=O) groups excluding carboxylic acids is 1. The number of amides is 1. The number of nitrogens with one attached hydrogen (secondary N) is 1. The number of nitrogens with zero attached hydrogens (tertiary/aromatic N) is 1. The van der Waals surface area contributed by atoms with Gasteiger partial charge in [-0.25, -0.2) is 0 Å². The molecule has 21 heavy (non-hydrogen) atoms. The molecule has 1 saturated carbocycles. The fraction of sp³-hybridized carbons (Fsp3) is 0.938. The maximum absolute atomic E-state index is 12.0. The Bertz CT molecular complexity index is 344. The maximum Gasteiger partial charge on any atom is 0.237 e. The van der Waals surface area contributed by atoms with E-state index in [2.05, 4.69) is 10.2 Å². The molecule has 0 spiro atoms. The molecule has 0 bridgehead atoms. The topological polar surface area (TPSA) is 67.6 Å². The van der Waals surface area contributed by atoms with E-state index in [0.717, 1.165) is 45.5 Å². The van der Waals surface area contributed by atoms with E-state index in [-0.39, 0.29) is 5.91 Å². The third-order valence-electron chi connectivity index (χ3n) is 5.18. The number of hydrogen-bond acceptors (Lipinski definition) is 4. The normalized spacial score (nSPS) is 34.8. The molecule has 122 valence electrons. The molecular formula is C16H31N3O2. The lowest BCUT2D eigenvalue weighted by atomic mass is 9.77. The van der Waals surface area contributed by atoms with Crippen LogP contribution >= 0.6 is 0 Å². The van der Waals surface area contributed by atoms with E-state index in [9.17, 15) is 4.79 Å². The van der Waals surface area contributed by atoms with Crippen LogP contribution in [0.5, 0.6) is 0 Å². The Morgan fingerprint density at radius 2 is 2.24 bits per heavy atom. The van der Waals surface area contributed by atoms with Crippen LogP contribution in [0.25, 0.3) is 0 Å². The Morgan fingerprint density at radius 3 is 2.90 bits per heavy atom. The molecule has 0 aromatic carbocycles. The van der Waals surface area contributed by atoms with E-state index in [1.807, 2.05) is 6.92 Å². The van der Waals surface area contributed by atoms with Crippen LogP contribution in [0.15, 0.2) is 0 Å². The molecule has 3 atom stereocenters. The van der Waals surface area contributed by atoms with Gasteiger partial charge in [0.05, 0.1) is 12.1 Å². The quantitative estimate of drug-likeness (QED) is 0.771. The van der Waals surface area contributed by atoms with E-state index in [1.54, 1.807) is 7.11 Å². The van der Waals surface area contributed by atoms with E-state index < -0.39 is 5.54 Å². The average molecular weight is 297 g/mol. The van der Waals surface area contributed by atoms with Gasteiger partial charge in [-0.05, 0) is 57.5 Å². The van der Waals surface area contributed by atoms with Crippen molar-refractivity contribution in [3.63, 3.8) is 0 Å². The minimum atomic E-state index is -0.494. The summed E-state index contributed by atoms with van der Waals surface area (Å²) in [5.41, 5.74) is 5.22. The first-order valence-electron chi connectivity index (χ1n) is 8.39. The van der Waals surface area contributed by atoms with Crippen LogP contribution in [0.3, 0.4) is 0 Å². The molecule has 5 nitrogen and oxygen atoms in total. The molecule has 1 aliphatic heterocycles. The zero-order valence-corrected chi connectivity index (χ0v) is 13.6. The standard InChI is InChI=1S/C16H31N3O2/c1-3-18-16(15(17)20)8-4-7-14(10-16)19-9-5-6-13(11-19)12-21-2/h13-14,18H,3-12H2,1-2H3,(H2,17,20). The van der Waals surface area contributed by atoms with Crippen LogP contribution in [0.2, 0.25) is 0 Å². The van der Waals surface area contributed by atoms with Crippen molar-refractivity contribution in [1.82, 2.24) is 10.2 Å². The van der Waals surface area contributed by atoms with Crippen molar-refractivity contribution in [2.45, 2.75) is 57.0 Å². The van der Waals surface area contributed by atoms with E-state index >= 15 is 0 Å². The fourth-order valence-corrected chi connectivity index (χ4v) is 4.17. The molecule has 3 unspecified atom stereocenters. The Morgan fingerprint density at radius 1 is 1.43 bits per heavy atom. The molecule has 0 aromatic rings. The van der Waals surface area contributed by atoms with Crippen molar-refractivity contribution >= 4 is 5.91 Å². The Balaban J connectivity index is 2.00. The van der Waals surface area contributed by atoms with Crippen LogP contribution in [-0.4, -0.2) is 55.7 Å². The molecule has 2 fully saturated rings. The summed E-state index contributed by atoms with van der Waals surface area (Å²) < 4.78 is 5.32. The number of methoxy groups -OCH3 is 1. The first kappa shape index (κ1) is 16.7. The van der Waals surface area contributed by atoms with Crippen molar-refractivity contribution in [1.29, 1.82) is 0 Å². The fourth-order valence-electron chi connectivity index (χ4n) is 4.17. The SMILES string of the molecule is CCNC1(C(N)=O)CCCC(N2CCCC(COC)C2)C1. The second-order valence-corrected chi connectivity index (χ2v) is 6.69. The Kier molecular flexibility index (Phi) is 6.02. The van der Waals surface area contributed by atoms with Crippen LogP contribution in [-0.2, 0) is 9.53 Å². The molecule has 2 aliphatic rings. The van der Waals surface area contributed by atoms with Gasteiger partial charge in [0.25, 0.3) is 0 Å². The van der Waals surface area contributed by atoms with Crippen molar-refractivity contribution in [2.24, 2.45) is 11.7 Å². The molecular weight excluding hydrogens is 266 g/mol. The van der Waals surface area contributed by atoms with Gasteiger partial charge in [-0.15, -0.1) is 0 Å². The summed E-state index contributed by atoms with van der Waals surface area (Å²) in [5.74, 6) is 0.451. The number of ether oxygens (including phenoxy) is 1. The third kappa shape index (κ3) is 3.96. The predicted octanol–water partition coefficient (Wildman–Crippen LogP) is 1.12. The number of carbonyl (C=O) groups is 1. The lowest BCUT2D eigenvalue weighted by Crippen LogP contribution is -2.61. The number of piperidine rings is 1. The van der Waals surface area contributed by atoms with Crippen LogP contribution in [0, 0.1) is 5.92 Å². The lowest BCUT2D eigenvalue weighted by Gasteiger charge is -2.45. The first-order valence-corrected chi connectivity index (χ1v) is 8.39. The van der Waals surface area contributed by atoms with Crippen LogP contribution < -0.4 is 11.1 Å². The van der Waals surface area contributed by atoms with E-state index in [0.29, 0.717) is 12.0 Å². The molecule has 1 saturated heterocycles. The zero-order valence-electron chi connectivity index (χ0n) is 13.6. The summed E-state index contributed by atoms with van der Waals surface area (Å²) in [6.07, 6.45) is 6.48. The van der Waals surface area contributed by atoms with Crippen molar-refractivity contribution in [2.75, 3.05) is 33.4 Å². The lowest BCUT2D eigenvalue weighted by molar-refractivity contribution is -0.127. The monoisotopic (exact) mass is 297 g/mol. The number of rotatable bonds is 6. The molecule has 1 aliphatic carbocycles. The van der Waals surface area contributed by atoms with Crippen molar-refractivity contribution < 1.29 is 9.53 Å². The van der Waals surface area contributed by atoms with Crippen LogP contribution in [0.4, 0.5) is 0 Å². The van der Waals surface area contributed by atoms with E-state index in [4.69, 9.17) is 10.5 Å². The van der Waals surface area contributed by atoms with Crippen LogP contribution in [0.1, 0.15) is 45.4 Å². The zero-order chi connectivity index (χ0) is 15.3. The second kappa shape index (κ2) is 7.56. The summed E-state index contributed by atoms with van der Waals surface area (Å²) in [4.78, 5) is 14.6. The van der Waals surface area contributed by atoms with Gasteiger partial charge in [0, 0.05) is 19.7 Å². The largest absolute Gasteiger partial charge is 0.384 e. The number of likely N-dealkylation sites (N-methyl/N-ethyl adjacent to an activating group) is 1. The highest BCUT2D eigenvalue weighted by Crippen LogP contribution is 2.33. The predicted molar refractivity (Wildman–Crippen MR) is 84.0 cm³/mol. The van der Waals surface area contributed by atoms with Crippen molar-refractivity contribution in [3.8, 4) is 0 Å². The van der Waals surface area contributed by atoms with Gasteiger partial charge >= 0.3 is 0 Å². The summed E-state index contributed by atoms with van der Waals surface area (Å²) in [7, 11) is 1.78. The average Bonchev–Trinajstić information content (AvgIpc) is 2.48. The molecule has 1 heterocycles. The Hall–Kier alpha value is -0.650. The number of hydrogen-bond donors (Lipinski definition) is 2. The number of likely N-dealkylation sites (tertiary alicyclic amines) is 1.